The average Bonchev–Trinajstić information content (AvgIpc) is 3.42. The van der Waals surface area contributed by atoms with E-state index >= 15 is 0 Å². The van der Waals surface area contributed by atoms with Crippen LogP contribution in [0.4, 0.5) is 0 Å². The van der Waals surface area contributed by atoms with Crippen LogP contribution in [-0.4, -0.2) is 37.8 Å². The molecule has 47 heavy (non-hydrogen) atoms. The lowest BCUT2D eigenvalue weighted by atomic mass is 9.99. The molecule has 12 heteroatoms. The predicted octanol–water partition coefficient (Wildman–Crippen LogP) is 6.67. The van der Waals surface area contributed by atoms with Crippen molar-refractivity contribution in [2.75, 3.05) is 0 Å². The fourth-order valence-corrected chi connectivity index (χ4v) is 5.82. The number of hydrogen-bond donors (Lipinski definition) is 4. The van der Waals surface area contributed by atoms with E-state index in [1.54, 1.807) is 16.4 Å². The molecule has 2 heterocycles. The molecule has 0 spiro atoms. The summed E-state index contributed by atoms with van der Waals surface area (Å²) in [6, 6.07) is 23.8. The van der Waals surface area contributed by atoms with Crippen molar-refractivity contribution < 1.29 is 29.4 Å². The third-order valence-corrected chi connectivity index (χ3v) is 8.88. The molecule has 1 aliphatic heterocycles. The van der Waals surface area contributed by atoms with Gasteiger partial charge in [0.05, 0.1) is 31.7 Å². The van der Waals surface area contributed by atoms with E-state index in [0.29, 0.717) is 43.9 Å². The lowest BCUT2D eigenvalue weighted by Gasteiger charge is -2.36. The number of hydroxylamine groups is 1. The van der Waals surface area contributed by atoms with Crippen LogP contribution in [0.1, 0.15) is 73.2 Å². The molecule has 4 N–H and O–H groups in total. The number of nitrogens with one attached hydrogen (secondary N) is 2. The van der Waals surface area contributed by atoms with Gasteiger partial charge in [-0.05, 0) is 46.7 Å². The summed E-state index contributed by atoms with van der Waals surface area (Å²) in [6.45, 7) is 0.838. The van der Waals surface area contributed by atoms with Crippen molar-refractivity contribution in [3.8, 4) is 11.1 Å². The fraction of sp³-hybridized carbons (Fsp3) is 0.343. The number of carbonyl (C=O) groups is 2. The van der Waals surface area contributed by atoms with Gasteiger partial charge in [-0.3, -0.25) is 14.8 Å². The molecule has 0 bridgehead atoms. The Morgan fingerprint density at radius 2 is 1.60 bits per heavy atom. The van der Waals surface area contributed by atoms with Gasteiger partial charge in [0, 0.05) is 31.4 Å². The van der Waals surface area contributed by atoms with E-state index in [2.05, 4.69) is 16.4 Å². The number of ether oxygens (including phenoxy) is 2. The molecular weight excluding hydrogens is 643 g/mol. The minimum absolute atomic E-state index is 0.0273. The molecule has 0 radical (unpaired) electrons. The van der Waals surface area contributed by atoms with Crippen LogP contribution < -0.4 is 10.8 Å². The van der Waals surface area contributed by atoms with E-state index in [-0.39, 0.29) is 36.3 Å². The molecular formula is C35H38Cl2N4O6. The minimum atomic E-state index is -0.628. The Kier molecular flexibility index (Phi) is 12.4. The van der Waals surface area contributed by atoms with E-state index in [4.69, 9.17) is 37.9 Å². The minimum Gasteiger partial charge on any atom is -0.392 e. The Morgan fingerprint density at radius 3 is 2.28 bits per heavy atom. The second-order valence-corrected chi connectivity index (χ2v) is 12.2. The zero-order chi connectivity index (χ0) is 33.2. The quantitative estimate of drug-likeness (QED) is 0.0664. The van der Waals surface area contributed by atoms with Crippen LogP contribution in [0.3, 0.4) is 0 Å². The van der Waals surface area contributed by atoms with E-state index in [9.17, 15) is 14.7 Å². The van der Waals surface area contributed by atoms with E-state index in [1.807, 2.05) is 66.7 Å². The molecule has 3 atom stereocenters. The van der Waals surface area contributed by atoms with Crippen LogP contribution >= 0.6 is 23.2 Å². The molecule has 5 rings (SSSR count). The Bertz CT molecular complexity index is 1630. The Balaban J connectivity index is 1.22. The van der Waals surface area contributed by atoms with Crippen molar-refractivity contribution in [2.45, 2.75) is 76.7 Å². The van der Waals surface area contributed by atoms with Gasteiger partial charge in [-0.2, -0.15) is 0 Å². The normalized spacial score (nSPS) is 17.7. The maximum absolute atomic E-state index is 12.3. The van der Waals surface area contributed by atoms with Gasteiger partial charge >= 0.3 is 0 Å². The highest BCUT2D eigenvalue weighted by Crippen LogP contribution is 2.39. The summed E-state index contributed by atoms with van der Waals surface area (Å²) in [7, 11) is 0. The van der Waals surface area contributed by atoms with Crippen molar-refractivity contribution in [1.82, 2.24) is 20.3 Å². The lowest BCUT2D eigenvalue weighted by molar-refractivity contribution is -0.252. The third kappa shape index (κ3) is 9.63. The first-order valence-electron chi connectivity index (χ1n) is 15.6. The van der Waals surface area contributed by atoms with Gasteiger partial charge in [0.15, 0.2) is 11.4 Å². The molecule has 1 fully saturated rings. The molecule has 3 aromatic carbocycles. The summed E-state index contributed by atoms with van der Waals surface area (Å²) in [6.07, 6.45) is 3.73. The molecule has 1 aromatic heterocycles. The van der Waals surface area contributed by atoms with E-state index < -0.39 is 12.2 Å². The molecule has 0 saturated carbocycles. The Labute approximate surface area is 283 Å². The standard InChI is InChI=1S/C35H38Cl2N4O6/c36-33-34(37)41(22-39-33)20-29-18-30(26-11-9-23(21-42)10-12-26)47-35(46-29)27-15-13-25(14-16-27)28-6-4-5-24(17-28)19-38-31(43)7-2-1-3-8-32(44)40-45/h4-6,9-17,22,29-30,35,42,45H,1-3,7-8,18-21H2,(H,38,43)(H,40,44)/t29-,30+,35+/m1/s1. The summed E-state index contributed by atoms with van der Waals surface area (Å²) in [4.78, 5) is 27.5. The summed E-state index contributed by atoms with van der Waals surface area (Å²) < 4.78 is 14.7. The molecule has 1 aliphatic rings. The number of unbranched alkanes of at least 4 members (excludes halogenated alkanes) is 2. The van der Waals surface area contributed by atoms with Crippen LogP contribution in [0.5, 0.6) is 0 Å². The SMILES string of the molecule is O=C(CCCCCC(=O)NCc1cccc(-c2ccc([C@H]3O[C@@H](Cn4cnc(Cl)c4Cl)C[C@@H](c4ccc(CO)cc4)O3)cc2)c1)NO. The van der Waals surface area contributed by atoms with Crippen LogP contribution in [0.15, 0.2) is 79.1 Å². The number of aromatic nitrogens is 2. The van der Waals surface area contributed by atoms with Gasteiger partial charge < -0.3 is 24.5 Å². The topological polar surface area (TPSA) is 135 Å². The highest BCUT2D eigenvalue weighted by Gasteiger charge is 2.33. The molecule has 10 nitrogen and oxygen atoms in total. The fourth-order valence-electron chi connectivity index (χ4n) is 5.51. The van der Waals surface area contributed by atoms with Crippen LogP contribution in [-0.2, 0) is 38.8 Å². The lowest BCUT2D eigenvalue weighted by Crippen LogP contribution is -2.32. The summed E-state index contributed by atoms with van der Waals surface area (Å²) in [5, 5.41) is 21.6. The van der Waals surface area contributed by atoms with Crippen LogP contribution in [0, 0.1) is 0 Å². The van der Waals surface area contributed by atoms with Crippen molar-refractivity contribution >= 4 is 35.0 Å². The highest BCUT2D eigenvalue weighted by molar-refractivity contribution is 6.40. The number of halogens is 2. The summed E-state index contributed by atoms with van der Waals surface area (Å²) in [5.74, 6) is -0.458. The summed E-state index contributed by atoms with van der Waals surface area (Å²) in [5.41, 5.74) is 7.31. The van der Waals surface area contributed by atoms with Crippen molar-refractivity contribution in [3.63, 3.8) is 0 Å². The zero-order valence-corrected chi connectivity index (χ0v) is 27.3. The van der Waals surface area contributed by atoms with Crippen molar-refractivity contribution in [1.29, 1.82) is 0 Å². The maximum atomic E-state index is 12.3. The third-order valence-electron chi connectivity index (χ3n) is 8.11. The zero-order valence-electron chi connectivity index (χ0n) is 25.8. The smallest absolute Gasteiger partial charge is 0.243 e. The first-order chi connectivity index (χ1) is 22.8. The van der Waals surface area contributed by atoms with Gasteiger partial charge in [-0.15, -0.1) is 0 Å². The number of hydrogen-bond acceptors (Lipinski definition) is 7. The van der Waals surface area contributed by atoms with Gasteiger partial charge in [0.2, 0.25) is 11.8 Å². The largest absolute Gasteiger partial charge is 0.392 e. The second kappa shape index (κ2) is 16.9. The molecule has 248 valence electrons. The number of nitrogens with zero attached hydrogens (tertiary/aromatic N) is 2. The Hall–Kier alpha value is -3.77. The first-order valence-corrected chi connectivity index (χ1v) is 16.3. The van der Waals surface area contributed by atoms with Crippen LogP contribution in [0.2, 0.25) is 10.3 Å². The number of aliphatic hydroxyl groups excluding tert-OH is 1. The maximum Gasteiger partial charge on any atom is 0.243 e. The first kappa shape index (κ1) is 34.6. The monoisotopic (exact) mass is 680 g/mol. The Morgan fingerprint density at radius 1 is 0.872 bits per heavy atom. The van der Waals surface area contributed by atoms with Gasteiger partial charge in [0.25, 0.3) is 0 Å². The van der Waals surface area contributed by atoms with E-state index in [1.165, 1.54) is 0 Å². The molecule has 0 aliphatic carbocycles. The summed E-state index contributed by atoms with van der Waals surface area (Å²) >= 11 is 12.4. The number of benzene rings is 3. The highest BCUT2D eigenvalue weighted by atomic mass is 35.5. The second-order valence-electron chi connectivity index (χ2n) is 11.5. The van der Waals surface area contributed by atoms with Crippen molar-refractivity contribution in [3.05, 3.63) is 112 Å². The molecule has 4 aromatic rings. The molecule has 1 saturated heterocycles. The number of aliphatic hydroxyl groups is 1. The van der Waals surface area contributed by atoms with E-state index in [0.717, 1.165) is 39.8 Å². The number of amides is 2. The van der Waals surface area contributed by atoms with Gasteiger partial charge in [-0.1, -0.05) is 96.4 Å². The average molecular weight is 682 g/mol. The number of carbonyl (C=O) groups excluding carboxylic acids is 2. The van der Waals surface area contributed by atoms with Crippen LogP contribution in [0.25, 0.3) is 11.1 Å². The van der Waals surface area contributed by atoms with Gasteiger partial charge in [-0.25, -0.2) is 10.5 Å². The van der Waals surface area contributed by atoms with Gasteiger partial charge in [0.1, 0.15) is 5.15 Å². The number of rotatable bonds is 14. The van der Waals surface area contributed by atoms with Crippen molar-refractivity contribution in [2.24, 2.45) is 0 Å². The molecule has 2 amide bonds. The molecule has 0 unspecified atom stereocenters. The predicted molar refractivity (Wildman–Crippen MR) is 177 cm³/mol. The number of imidazole rings is 1.